The molecule has 4 fully saturated rings. The summed E-state index contributed by atoms with van der Waals surface area (Å²) in [5.74, 6) is 1.12. The maximum atomic E-state index is 13.6. The summed E-state index contributed by atoms with van der Waals surface area (Å²) in [5.41, 5.74) is 7.43. The lowest BCUT2D eigenvalue weighted by Crippen LogP contribution is -2.69. The first-order chi connectivity index (χ1) is 24.7. The van der Waals surface area contributed by atoms with Crippen molar-refractivity contribution in [1.82, 2.24) is 19.7 Å². The molecule has 0 aromatic carbocycles. The number of pyridine rings is 1. The van der Waals surface area contributed by atoms with E-state index in [1.165, 1.54) is 5.57 Å². The van der Waals surface area contributed by atoms with Gasteiger partial charge in [-0.1, -0.05) is 80.9 Å². The Morgan fingerprint density at radius 2 is 1.75 bits per heavy atom. The van der Waals surface area contributed by atoms with Crippen LogP contribution in [0.3, 0.4) is 0 Å². The highest BCUT2D eigenvalue weighted by molar-refractivity contribution is 5.73. The van der Waals surface area contributed by atoms with Gasteiger partial charge < -0.3 is 20.3 Å². The zero-order chi connectivity index (χ0) is 38.6. The Morgan fingerprint density at radius 1 is 1.06 bits per heavy atom. The third-order valence-electron chi connectivity index (χ3n) is 17.2. The van der Waals surface area contributed by atoms with Gasteiger partial charge in [0, 0.05) is 34.3 Å². The second-order valence-corrected chi connectivity index (χ2v) is 20.8. The van der Waals surface area contributed by atoms with Gasteiger partial charge in [0.05, 0.1) is 37.9 Å². The van der Waals surface area contributed by atoms with E-state index in [-0.39, 0.29) is 50.6 Å². The summed E-state index contributed by atoms with van der Waals surface area (Å²) in [5, 5.41) is 16.1. The number of nitrogens with two attached hydrogens (primary N) is 1. The van der Waals surface area contributed by atoms with Gasteiger partial charge in [-0.15, -0.1) is 0 Å². The molecule has 53 heavy (non-hydrogen) atoms. The number of carboxylic acids is 1. The molecule has 292 valence electrons. The molecule has 1 saturated heterocycles. The number of rotatable bonds is 8. The van der Waals surface area contributed by atoms with Crippen molar-refractivity contribution < 1.29 is 19.4 Å². The fraction of sp³-hybridized carbons (Fsp3) is 0.773. The highest BCUT2D eigenvalue weighted by atomic mass is 16.5. The van der Waals surface area contributed by atoms with E-state index in [0.29, 0.717) is 37.6 Å². The van der Waals surface area contributed by atoms with E-state index in [1.807, 2.05) is 24.5 Å². The second-order valence-electron chi connectivity index (χ2n) is 20.8. The Labute approximate surface area is 318 Å². The minimum atomic E-state index is -0.625. The van der Waals surface area contributed by atoms with Crippen molar-refractivity contribution in [2.24, 2.45) is 67.8 Å². The summed E-state index contributed by atoms with van der Waals surface area (Å²) in [6, 6.07) is 3.89. The van der Waals surface area contributed by atoms with Gasteiger partial charge in [0.25, 0.3) is 0 Å². The number of hydrogen-bond donors (Lipinski definition) is 2. The van der Waals surface area contributed by atoms with Crippen molar-refractivity contribution in [1.29, 1.82) is 0 Å². The third-order valence-corrected chi connectivity index (χ3v) is 17.2. The van der Waals surface area contributed by atoms with E-state index >= 15 is 0 Å². The molecule has 0 spiro atoms. The topological polar surface area (TPSA) is 125 Å². The number of fused-ring (bicyclic) bond motifs is 3. The molecule has 2 aromatic heterocycles. The van der Waals surface area contributed by atoms with Gasteiger partial charge in [-0.25, -0.2) is 9.67 Å². The van der Waals surface area contributed by atoms with Crippen LogP contribution in [-0.4, -0.2) is 62.3 Å². The van der Waals surface area contributed by atoms with Gasteiger partial charge in [-0.05, 0) is 103 Å². The predicted molar refractivity (Wildman–Crippen MR) is 208 cm³/mol. The maximum Gasteiger partial charge on any atom is 0.307 e. The van der Waals surface area contributed by atoms with Crippen LogP contribution in [0.4, 0.5) is 0 Å². The summed E-state index contributed by atoms with van der Waals surface area (Å²) in [6.45, 7) is 26.6. The first kappa shape index (κ1) is 38.6. The van der Waals surface area contributed by atoms with Crippen LogP contribution < -0.4 is 5.73 Å². The molecule has 0 amide bonds. The average molecular weight is 730 g/mol. The summed E-state index contributed by atoms with van der Waals surface area (Å²) < 4.78 is 16.1. The van der Waals surface area contributed by atoms with Crippen LogP contribution in [0.2, 0.25) is 0 Å². The SMILES string of the molecule is CC(C)C(C)C1(C)CCC2(C)C3CCC4C5(COCC4(C)C(OCC(C)(N)C(C)(C)C)C(n4ncnc4-c4ccncc4)C5)C3=CCC2(C)C1C(=O)O. The molecular formula is C44H67N5O4. The number of ether oxygens (including phenoxy) is 2. The predicted octanol–water partition coefficient (Wildman–Crippen LogP) is 8.62. The smallest absolute Gasteiger partial charge is 0.307 e. The fourth-order valence-electron chi connectivity index (χ4n) is 12.8. The van der Waals surface area contributed by atoms with Crippen LogP contribution >= 0.6 is 0 Å². The van der Waals surface area contributed by atoms with Crippen LogP contribution in [0.1, 0.15) is 121 Å². The quantitative estimate of drug-likeness (QED) is 0.259. The Balaban J connectivity index is 1.35. The number of nitrogens with zero attached hydrogens (tertiary/aromatic N) is 4. The first-order valence-corrected chi connectivity index (χ1v) is 20.4. The number of carboxylic acid groups (broad SMARTS) is 1. The van der Waals surface area contributed by atoms with Crippen molar-refractivity contribution in [2.75, 3.05) is 19.8 Å². The molecule has 2 aromatic rings. The average Bonchev–Trinajstić information content (AvgIpc) is 3.57. The Bertz CT molecular complexity index is 1730. The molecule has 9 nitrogen and oxygen atoms in total. The van der Waals surface area contributed by atoms with Crippen molar-refractivity contribution >= 4 is 5.97 Å². The maximum absolute atomic E-state index is 13.6. The minimum absolute atomic E-state index is 0.115. The monoisotopic (exact) mass is 730 g/mol. The molecule has 5 aliphatic rings. The molecule has 7 rings (SSSR count). The van der Waals surface area contributed by atoms with Crippen molar-refractivity contribution in [3.05, 3.63) is 42.5 Å². The van der Waals surface area contributed by atoms with E-state index in [2.05, 4.69) is 91.9 Å². The number of aromatic nitrogens is 4. The van der Waals surface area contributed by atoms with Crippen molar-refractivity contribution in [2.45, 2.75) is 132 Å². The Morgan fingerprint density at radius 3 is 2.40 bits per heavy atom. The molecule has 1 aliphatic heterocycles. The first-order valence-electron chi connectivity index (χ1n) is 20.4. The van der Waals surface area contributed by atoms with Crippen molar-refractivity contribution in [3.8, 4) is 11.4 Å². The normalized spacial score (nSPS) is 41.4. The largest absolute Gasteiger partial charge is 0.481 e. The second kappa shape index (κ2) is 12.7. The summed E-state index contributed by atoms with van der Waals surface area (Å²) >= 11 is 0. The summed E-state index contributed by atoms with van der Waals surface area (Å²) in [7, 11) is 0. The van der Waals surface area contributed by atoms with E-state index in [0.717, 1.165) is 49.9 Å². The van der Waals surface area contributed by atoms with Crippen LogP contribution in [0, 0.1) is 62.1 Å². The van der Waals surface area contributed by atoms with Gasteiger partial charge in [-0.3, -0.25) is 9.78 Å². The molecule has 2 bridgehead atoms. The lowest BCUT2D eigenvalue weighted by molar-refractivity contribution is -0.253. The molecule has 12 unspecified atom stereocenters. The Hall–Kier alpha value is -2.62. The van der Waals surface area contributed by atoms with Gasteiger partial charge in [-0.2, -0.15) is 5.10 Å². The number of hydrogen-bond acceptors (Lipinski definition) is 7. The molecule has 3 N–H and O–H groups in total. The van der Waals surface area contributed by atoms with Crippen LogP contribution in [0.5, 0.6) is 0 Å². The molecule has 0 radical (unpaired) electrons. The van der Waals surface area contributed by atoms with E-state index in [1.54, 1.807) is 6.33 Å². The van der Waals surface area contributed by atoms with E-state index in [4.69, 9.17) is 25.3 Å². The zero-order valence-corrected chi connectivity index (χ0v) is 34.4. The molecule has 12 atom stereocenters. The summed E-state index contributed by atoms with van der Waals surface area (Å²) in [4.78, 5) is 22.7. The van der Waals surface area contributed by atoms with E-state index < -0.39 is 17.4 Å². The molecule has 3 heterocycles. The van der Waals surface area contributed by atoms with Crippen LogP contribution in [0.25, 0.3) is 11.4 Å². The number of allylic oxidation sites excluding steroid dienone is 1. The van der Waals surface area contributed by atoms with Crippen LogP contribution in [-0.2, 0) is 14.3 Å². The Kier molecular flexibility index (Phi) is 9.26. The van der Waals surface area contributed by atoms with Gasteiger partial charge in [0.2, 0.25) is 0 Å². The number of aliphatic carboxylic acids is 1. The molecule has 3 saturated carbocycles. The van der Waals surface area contributed by atoms with Gasteiger partial charge >= 0.3 is 5.97 Å². The summed E-state index contributed by atoms with van der Waals surface area (Å²) in [6.07, 6.45) is 13.3. The molecule has 4 aliphatic carbocycles. The fourth-order valence-corrected chi connectivity index (χ4v) is 12.8. The minimum Gasteiger partial charge on any atom is -0.481 e. The molecular weight excluding hydrogens is 663 g/mol. The lowest BCUT2D eigenvalue weighted by Gasteiger charge is -2.71. The van der Waals surface area contributed by atoms with Crippen molar-refractivity contribution in [3.63, 3.8) is 0 Å². The molecule has 9 heteroatoms. The lowest BCUT2D eigenvalue weighted by atomic mass is 9.34. The standard InChI is InChI=1S/C44H67N5O4/c1-27(2)28(3)39(7)18-19-41(9)30-12-13-33-40(8)23-52-25-44(33,31(30)14-17-42(41,10)34(39)37(50)51)22-32(35(40)53-24-43(11,45)38(4,5)6)49-36(47-26-48-49)29-15-20-46-21-16-29/h14-16,20-21,26-28,30,32-35H,12-13,17-19,22-25,45H2,1-11H3,(H,50,51). The number of carbonyl (C=O) groups is 1. The van der Waals surface area contributed by atoms with Gasteiger partial charge in [0.15, 0.2) is 5.82 Å². The highest BCUT2D eigenvalue weighted by Gasteiger charge is 2.72. The third kappa shape index (κ3) is 5.47. The zero-order valence-electron chi connectivity index (χ0n) is 34.4. The van der Waals surface area contributed by atoms with Crippen LogP contribution in [0.15, 0.2) is 42.5 Å². The van der Waals surface area contributed by atoms with E-state index in [9.17, 15) is 9.90 Å². The highest BCUT2D eigenvalue weighted by Crippen LogP contribution is 2.75. The van der Waals surface area contributed by atoms with Gasteiger partial charge in [0.1, 0.15) is 6.33 Å².